The fraction of sp³-hybridized carbons (Fsp3) is 1.00. The molecule has 0 aromatic rings. The molecule has 0 N–H and O–H groups in total. The van der Waals surface area contributed by atoms with Crippen molar-refractivity contribution in [1.82, 2.24) is 4.90 Å². The largest absolute Gasteiger partial charge is 0.300 e. The van der Waals surface area contributed by atoms with E-state index in [0.29, 0.717) is 5.41 Å². The molecule has 0 radical (unpaired) electrons. The molecule has 0 aromatic carbocycles. The topological polar surface area (TPSA) is 3.24 Å². The van der Waals surface area contributed by atoms with Crippen LogP contribution in [0, 0.1) is 5.41 Å². The first-order valence-corrected chi connectivity index (χ1v) is 8.78. The lowest BCUT2D eigenvalue weighted by Gasteiger charge is -2.43. The lowest BCUT2D eigenvalue weighted by molar-refractivity contribution is 0.0798. The minimum Gasteiger partial charge on any atom is -0.300 e. The van der Waals surface area contributed by atoms with Crippen LogP contribution in [0.15, 0.2) is 0 Å². The zero-order chi connectivity index (χ0) is 12.8. The van der Waals surface area contributed by atoms with Gasteiger partial charge in [-0.05, 0) is 49.8 Å². The highest BCUT2D eigenvalue weighted by atomic mass is 32.1. The molecule has 18 heavy (non-hydrogen) atoms. The number of likely N-dealkylation sites (tertiary alicyclic amines) is 1. The molecule has 106 valence electrons. The van der Waals surface area contributed by atoms with Crippen molar-refractivity contribution < 1.29 is 0 Å². The third kappa shape index (κ3) is 3.66. The molecule has 1 unspecified atom stereocenters. The minimum absolute atomic E-state index is 0.532. The van der Waals surface area contributed by atoms with Crippen LogP contribution in [0.4, 0.5) is 0 Å². The second-order valence-electron chi connectivity index (χ2n) is 6.60. The minimum atomic E-state index is 0.532. The van der Waals surface area contributed by atoms with Gasteiger partial charge in [-0.3, -0.25) is 4.90 Å². The highest BCUT2D eigenvalue weighted by Crippen LogP contribution is 2.38. The van der Waals surface area contributed by atoms with Crippen LogP contribution in [0.3, 0.4) is 0 Å². The maximum Gasteiger partial charge on any atom is 0.00928 e. The van der Waals surface area contributed by atoms with Crippen molar-refractivity contribution >= 4 is 12.6 Å². The van der Waals surface area contributed by atoms with Gasteiger partial charge >= 0.3 is 0 Å². The molecular weight excluding hydrogens is 238 g/mol. The summed E-state index contributed by atoms with van der Waals surface area (Å²) in [7, 11) is 0. The summed E-state index contributed by atoms with van der Waals surface area (Å²) in [4.78, 5) is 2.81. The molecule has 2 rings (SSSR count). The van der Waals surface area contributed by atoms with Gasteiger partial charge < -0.3 is 0 Å². The summed E-state index contributed by atoms with van der Waals surface area (Å²) >= 11 is 4.73. The summed E-state index contributed by atoms with van der Waals surface area (Å²) in [6, 6.07) is 0.860. The first-order chi connectivity index (χ1) is 8.79. The Labute approximate surface area is 119 Å². The van der Waals surface area contributed by atoms with Crippen LogP contribution in [0.5, 0.6) is 0 Å². The molecule has 1 saturated carbocycles. The molecule has 0 aromatic heterocycles. The first kappa shape index (κ1) is 14.7. The third-order valence-electron chi connectivity index (χ3n) is 5.26. The first-order valence-electron chi connectivity index (χ1n) is 8.14. The van der Waals surface area contributed by atoms with Crippen LogP contribution in [0.2, 0.25) is 0 Å². The molecule has 1 saturated heterocycles. The van der Waals surface area contributed by atoms with E-state index in [1.807, 2.05) is 0 Å². The van der Waals surface area contributed by atoms with Gasteiger partial charge in [-0.25, -0.2) is 0 Å². The Bertz CT molecular complexity index is 233. The van der Waals surface area contributed by atoms with E-state index >= 15 is 0 Å². The van der Waals surface area contributed by atoms with Crippen LogP contribution < -0.4 is 0 Å². The Balaban J connectivity index is 1.98. The Morgan fingerprint density at radius 2 is 1.78 bits per heavy atom. The Morgan fingerprint density at radius 3 is 2.39 bits per heavy atom. The molecule has 0 amide bonds. The van der Waals surface area contributed by atoms with E-state index in [0.717, 1.165) is 11.8 Å². The molecule has 2 heteroatoms. The Kier molecular flexibility index (Phi) is 5.88. The normalized spacial score (nSPS) is 30.0. The summed E-state index contributed by atoms with van der Waals surface area (Å²) in [5.41, 5.74) is 0.532. The van der Waals surface area contributed by atoms with E-state index in [-0.39, 0.29) is 0 Å². The van der Waals surface area contributed by atoms with E-state index in [1.165, 1.54) is 77.3 Å². The molecule has 2 aliphatic rings. The molecule has 1 atom stereocenters. The molecule has 1 aliphatic carbocycles. The van der Waals surface area contributed by atoms with Crippen LogP contribution in [-0.2, 0) is 0 Å². The van der Waals surface area contributed by atoms with E-state index < -0.39 is 0 Å². The van der Waals surface area contributed by atoms with Crippen molar-refractivity contribution in [2.24, 2.45) is 5.41 Å². The SMILES string of the molecule is CCC1CCCCN1CC1(CS)CCCCCC1. The fourth-order valence-corrected chi connectivity index (χ4v) is 4.42. The van der Waals surface area contributed by atoms with E-state index in [4.69, 9.17) is 12.6 Å². The number of hydrogen-bond donors (Lipinski definition) is 1. The molecule has 1 nitrogen and oxygen atoms in total. The van der Waals surface area contributed by atoms with Crippen molar-refractivity contribution in [3.63, 3.8) is 0 Å². The average molecular weight is 269 g/mol. The van der Waals surface area contributed by atoms with Gasteiger partial charge in [0.25, 0.3) is 0 Å². The fourth-order valence-electron chi connectivity index (χ4n) is 4.01. The number of thiol groups is 1. The van der Waals surface area contributed by atoms with Crippen LogP contribution in [0.25, 0.3) is 0 Å². The summed E-state index contributed by atoms with van der Waals surface area (Å²) in [5.74, 6) is 1.10. The lowest BCUT2D eigenvalue weighted by Crippen LogP contribution is -2.46. The standard InChI is InChI=1S/C16H31NS/c1-2-15-9-5-8-12-17(15)13-16(14-18)10-6-3-4-7-11-16/h15,18H,2-14H2,1H3. The molecule has 0 spiro atoms. The maximum atomic E-state index is 4.73. The smallest absolute Gasteiger partial charge is 0.00928 e. The molecule has 0 bridgehead atoms. The van der Waals surface area contributed by atoms with Gasteiger partial charge in [0.1, 0.15) is 0 Å². The maximum absolute atomic E-state index is 4.73. The molecule has 2 fully saturated rings. The van der Waals surface area contributed by atoms with Crippen molar-refractivity contribution in [2.75, 3.05) is 18.8 Å². The van der Waals surface area contributed by atoms with Gasteiger partial charge in [0.2, 0.25) is 0 Å². The second kappa shape index (κ2) is 7.19. The van der Waals surface area contributed by atoms with Crippen molar-refractivity contribution in [2.45, 2.75) is 77.2 Å². The highest BCUT2D eigenvalue weighted by Gasteiger charge is 2.34. The van der Waals surface area contributed by atoms with Gasteiger partial charge in [-0.2, -0.15) is 12.6 Å². The highest BCUT2D eigenvalue weighted by molar-refractivity contribution is 7.80. The monoisotopic (exact) mass is 269 g/mol. The van der Waals surface area contributed by atoms with Gasteiger partial charge in [-0.15, -0.1) is 0 Å². The summed E-state index contributed by atoms with van der Waals surface area (Å²) in [5, 5.41) is 0. The van der Waals surface area contributed by atoms with E-state index in [9.17, 15) is 0 Å². The van der Waals surface area contributed by atoms with E-state index in [1.54, 1.807) is 0 Å². The number of hydrogen-bond acceptors (Lipinski definition) is 2. The Morgan fingerprint density at radius 1 is 1.06 bits per heavy atom. The van der Waals surface area contributed by atoms with Gasteiger partial charge in [0.15, 0.2) is 0 Å². The van der Waals surface area contributed by atoms with Crippen LogP contribution in [-0.4, -0.2) is 29.8 Å². The second-order valence-corrected chi connectivity index (χ2v) is 6.92. The quantitative estimate of drug-likeness (QED) is 0.580. The third-order valence-corrected chi connectivity index (χ3v) is 5.93. The summed E-state index contributed by atoms with van der Waals surface area (Å²) in [6.07, 6.45) is 14.2. The predicted octanol–water partition coefficient (Wildman–Crippen LogP) is 4.52. The van der Waals surface area contributed by atoms with Crippen molar-refractivity contribution in [3.8, 4) is 0 Å². The van der Waals surface area contributed by atoms with Crippen LogP contribution >= 0.6 is 12.6 Å². The lowest BCUT2D eigenvalue weighted by atomic mass is 9.80. The van der Waals surface area contributed by atoms with Crippen LogP contribution in [0.1, 0.15) is 71.1 Å². The molecule has 1 heterocycles. The number of nitrogens with zero attached hydrogens (tertiary/aromatic N) is 1. The van der Waals surface area contributed by atoms with Gasteiger partial charge in [0.05, 0.1) is 0 Å². The average Bonchev–Trinajstić information content (AvgIpc) is 2.66. The number of piperidine rings is 1. The zero-order valence-electron chi connectivity index (χ0n) is 12.2. The predicted molar refractivity (Wildman–Crippen MR) is 83.5 cm³/mol. The zero-order valence-corrected chi connectivity index (χ0v) is 13.1. The molecular formula is C16H31NS. The van der Waals surface area contributed by atoms with Gasteiger partial charge in [-0.1, -0.05) is 39.0 Å². The Hall–Kier alpha value is 0.310. The summed E-state index contributed by atoms with van der Waals surface area (Å²) in [6.45, 7) is 5.03. The van der Waals surface area contributed by atoms with E-state index in [2.05, 4.69) is 11.8 Å². The van der Waals surface area contributed by atoms with Crippen molar-refractivity contribution in [1.29, 1.82) is 0 Å². The summed E-state index contributed by atoms with van der Waals surface area (Å²) < 4.78 is 0. The molecule has 1 aliphatic heterocycles. The van der Waals surface area contributed by atoms with Gasteiger partial charge in [0, 0.05) is 12.6 Å². The van der Waals surface area contributed by atoms with Crippen molar-refractivity contribution in [3.05, 3.63) is 0 Å². The number of rotatable bonds is 4.